The van der Waals surface area contributed by atoms with Crippen molar-refractivity contribution in [1.29, 1.82) is 0 Å². The Kier molecular flexibility index (Phi) is 6.85. The molecule has 0 aromatic carbocycles. The van der Waals surface area contributed by atoms with Crippen LogP contribution in [0.25, 0.3) is 0 Å². The Balaban J connectivity index is 1.69. The van der Waals surface area contributed by atoms with Crippen molar-refractivity contribution in [2.24, 2.45) is 5.92 Å². The van der Waals surface area contributed by atoms with Crippen molar-refractivity contribution in [3.05, 3.63) is 23.9 Å². The SMILES string of the molecule is COC(=O)c1ccc(OC(=O)N2CCN(C(C)C)CC2C2CCNCC2)nc1. The summed E-state index contributed by atoms with van der Waals surface area (Å²) in [6, 6.07) is 3.66. The number of nitrogens with one attached hydrogen (secondary N) is 1. The summed E-state index contributed by atoms with van der Waals surface area (Å²) in [6.07, 6.45) is 3.11. The summed E-state index contributed by atoms with van der Waals surface area (Å²) < 4.78 is 10.2. The van der Waals surface area contributed by atoms with Crippen LogP contribution < -0.4 is 10.1 Å². The zero-order valence-electron chi connectivity index (χ0n) is 16.9. The maximum Gasteiger partial charge on any atom is 0.416 e. The minimum absolute atomic E-state index is 0.139. The number of rotatable bonds is 4. The molecule has 0 spiro atoms. The van der Waals surface area contributed by atoms with Crippen molar-refractivity contribution in [3.63, 3.8) is 0 Å². The van der Waals surface area contributed by atoms with Crippen molar-refractivity contribution < 1.29 is 19.1 Å². The number of piperazine rings is 1. The van der Waals surface area contributed by atoms with Gasteiger partial charge in [0.2, 0.25) is 5.88 Å². The van der Waals surface area contributed by atoms with Gasteiger partial charge in [-0.05, 0) is 51.8 Å². The summed E-state index contributed by atoms with van der Waals surface area (Å²) in [5.74, 6) is 0.180. The van der Waals surface area contributed by atoms with E-state index in [2.05, 4.69) is 33.8 Å². The van der Waals surface area contributed by atoms with E-state index >= 15 is 0 Å². The first-order chi connectivity index (χ1) is 13.5. The molecule has 0 radical (unpaired) electrons. The summed E-state index contributed by atoms with van der Waals surface area (Å²) in [7, 11) is 1.31. The summed E-state index contributed by atoms with van der Waals surface area (Å²) in [4.78, 5) is 32.8. The van der Waals surface area contributed by atoms with Crippen LogP contribution in [0.15, 0.2) is 18.3 Å². The van der Waals surface area contributed by atoms with Gasteiger partial charge < -0.3 is 19.7 Å². The van der Waals surface area contributed by atoms with Gasteiger partial charge in [0.1, 0.15) is 0 Å². The fourth-order valence-corrected chi connectivity index (χ4v) is 3.99. The van der Waals surface area contributed by atoms with Crippen LogP contribution in [-0.4, -0.2) is 78.8 Å². The van der Waals surface area contributed by atoms with Gasteiger partial charge >= 0.3 is 12.1 Å². The van der Waals surface area contributed by atoms with Gasteiger partial charge in [-0.2, -0.15) is 0 Å². The standard InChI is InChI=1S/C20H30N4O4/c1-14(2)23-10-11-24(17(13-23)15-6-8-21-9-7-15)20(26)28-18-5-4-16(12-22-18)19(25)27-3/h4-5,12,14-15,17,21H,6-11,13H2,1-3H3. The van der Waals surface area contributed by atoms with Crippen molar-refractivity contribution in [1.82, 2.24) is 20.1 Å². The lowest BCUT2D eigenvalue weighted by Gasteiger charge is -2.46. The Morgan fingerprint density at radius 1 is 1.21 bits per heavy atom. The van der Waals surface area contributed by atoms with Crippen LogP contribution in [0.4, 0.5) is 4.79 Å². The second-order valence-electron chi connectivity index (χ2n) is 7.68. The molecule has 1 aromatic rings. The monoisotopic (exact) mass is 390 g/mol. The van der Waals surface area contributed by atoms with Gasteiger partial charge in [-0.3, -0.25) is 4.90 Å². The molecule has 154 valence electrons. The molecule has 2 saturated heterocycles. The molecule has 1 aromatic heterocycles. The van der Waals surface area contributed by atoms with Gasteiger partial charge in [0.25, 0.3) is 0 Å². The third-order valence-electron chi connectivity index (χ3n) is 5.69. The molecule has 1 amide bonds. The minimum atomic E-state index is -0.471. The maximum absolute atomic E-state index is 12.9. The Hall–Kier alpha value is -2.19. The Labute approximate surface area is 166 Å². The van der Waals surface area contributed by atoms with Gasteiger partial charge in [0.05, 0.1) is 18.7 Å². The van der Waals surface area contributed by atoms with E-state index in [1.54, 1.807) is 6.07 Å². The van der Waals surface area contributed by atoms with E-state index in [-0.39, 0.29) is 18.0 Å². The van der Waals surface area contributed by atoms with Gasteiger partial charge in [-0.25, -0.2) is 14.6 Å². The molecule has 3 heterocycles. The summed E-state index contributed by atoms with van der Waals surface area (Å²) in [6.45, 7) is 8.71. The molecule has 8 heteroatoms. The van der Waals surface area contributed by atoms with Gasteiger partial charge in [-0.15, -0.1) is 0 Å². The van der Waals surface area contributed by atoms with E-state index in [1.165, 1.54) is 19.4 Å². The van der Waals surface area contributed by atoms with E-state index in [4.69, 9.17) is 4.74 Å². The van der Waals surface area contributed by atoms with Crippen molar-refractivity contribution in [2.75, 3.05) is 39.8 Å². The molecule has 0 bridgehead atoms. The molecule has 1 unspecified atom stereocenters. The first-order valence-corrected chi connectivity index (χ1v) is 9.97. The summed E-state index contributed by atoms with van der Waals surface area (Å²) >= 11 is 0. The Morgan fingerprint density at radius 3 is 2.57 bits per heavy atom. The lowest BCUT2D eigenvalue weighted by molar-refractivity contribution is 0.0268. The average Bonchev–Trinajstić information content (AvgIpc) is 2.73. The third kappa shape index (κ3) is 4.80. The number of pyridine rings is 1. The number of carbonyl (C=O) groups excluding carboxylic acids is 2. The summed E-state index contributed by atoms with van der Waals surface area (Å²) in [5.41, 5.74) is 0.320. The Morgan fingerprint density at radius 2 is 1.96 bits per heavy atom. The molecule has 3 rings (SSSR count). The number of esters is 1. The zero-order chi connectivity index (χ0) is 20.1. The van der Waals surface area contributed by atoms with Crippen LogP contribution in [0.1, 0.15) is 37.0 Å². The number of nitrogens with zero attached hydrogens (tertiary/aromatic N) is 3. The van der Waals surface area contributed by atoms with Gasteiger partial charge in [-0.1, -0.05) is 0 Å². The van der Waals surface area contributed by atoms with Crippen LogP contribution in [0, 0.1) is 5.92 Å². The van der Waals surface area contributed by atoms with Gasteiger partial charge in [0.15, 0.2) is 0 Å². The smallest absolute Gasteiger partial charge is 0.416 e. The predicted octanol–water partition coefficient (Wildman–Crippen LogP) is 1.76. The number of carbonyl (C=O) groups is 2. The van der Waals surface area contributed by atoms with E-state index in [0.29, 0.717) is 24.1 Å². The van der Waals surface area contributed by atoms with E-state index in [0.717, 1.165) is 39.0 Å². The first-order valence-electron chi connectivity index (χ1n) is 9.97. The second kappa shape index (κ2) is 9.34. The normalized spacial score (nSPS) is 21.6. The minimum Gasteiger partial charge on any atom is -0.465 e. The molecular weight excluding hydrogens is 360 g/mol. The highest BCUT2D eigenvalue weighted by Crippen LogP contribution is 2.26. The summed E-state index contributed by atoms with van der Waals surface area (Å²) in [5, 5.41) is 3.39. The van der Waals surface area contributed by atoms with Crippen LogP contribution >= 0.6 is 0 Å². The fourth-order valence-electron chi connectivity index (χ4n) is 3.99. The molecular formula is C20H30N4O4. The largest absolute Gasteiger partial charge is 0.465 e. The maximum atomic E-state index is 12.9. The number of hydrogen-bond donors (Lipinski definition) is 1. The lowest BCUT2D eigenvalue weighted by Crippen LogP contribution is -2.60. The van der Waals surface area contributed by atoms with Gasteiger partial charge in [0, 0.05) is 37.9 Å². The fraction of sp³-hybridized carbons (Fsp3) is 0.650. The van der Waals surface area contributed by atoms with Crippen molar-refractivity contribution in [2.45, 2.75) is 38.8 Å². The molecule has 2 aliphatic rings. The molecule has 0 aliphatic carbocycles. The second-order valence-corrected chi connectivity index (χ2v) is 7.68. The number of hydrogen-bond acceptors (Lipinski definition) is 7. The first kappa shape index (κ1) is 20.5. The molecule has 2 aliphatic heterocycles. The highest BCUT2D eigenvalue weighted by molar-refractivity contribution is 5.88. The topological polar surface area (TPSA) is 84.0 Å². The van der Waals surface area contributed by atoms with Crippen molar-refractivity contribution >= 4 is 12.1 Å². The molecule has 8 nitrogen and oxygen atoms in total. The van der Waals surface area contributed by atoms with Crippen LogP contribution in [0.2, 0.25) is 0 Å². The molecule has 1 atom stereocenters. The molecule has 1 N–H and O–H groups in total. The van der Waals surface area contributed by atoms with Crippen LogP contribution in [0.3, 0.4) is 0 Å². The zero-order valence-corrected chi connectivity index (χ0v) is 16.9. The number of methoxy groups -OCH3 is 1. The molecule has 0 saturated carbocycles. The molecule has 2 fully saturated rings. The van der Waals surface area contributed by atoms with E-state index < -0.39 is 5.97 Å². The highest BCUT2D eigenvalue weighted by atomic mass is 16.6. The van der Waals surface area contributed by atoms with Crippen LogP contribution in [0.5, 0.6) is 5.88 Å². The van der Waals surface area contributed by atoms with E-state index in [1.807, 2.05) is 4.90 Å². The predicted molar refractivity (Wildman–Crippen MR) is 104 cm³/mol. The number of piperidine rings is 1. The molecule has 28 heavy (non-hydrogen) atoms. The number of aromatic nitrogens is 1. The third-order valence-corrected chi connectivity index (χ3v) is 5.69. The van der Waals surface area contributed by atoms with Crippen LogP contribution in [-0.2, 0) is 4.74 Å². The highest BCUT2D eigenvalue weighted by Gasteiger charge is 2.37. The lowest BCUT2D eigenvalue weighted by atomic mass is 9.87. The quantitative estimate of drug-likeness (QED) is 0.784. The number of ether oxygens (including phenoxy) is 2. The van der Waals surface area contributed by atoms with E-state index in [9.17, 15) is 9.59 Å². The Bertz CT molecular complexity index is 673. The van der Waals surface area contributed by atoms with Crippen molar-refractivity contribution in [3.8, 4) is 5.88 Å². The average molecular weight is 390 g/mol. The number of amides is 1.